The van der Waals surface area contributed by atoms with Crippen molar-refractivity contribution < 1.29 is 17.9 Å². The van der Waals surface area contributed by atoms with Crippen LogP contribution in [0.4, 0.5) is 5.69 Å². The zero-order valence-corrected chi connectivity index (χ0v) is 19.9. The molecule has 34 heavy (non-hydrogen) atoms. The molecule has 4 rings (SSSR count). The topological polar surface area (TPSA) is 75.7 Å². The zero-order chi connectivity index (χ0) is 24.1. The summed E-state index contributed by atoms with van der Waals surface area (Å²) in [5, 5.41) is 5.04. The molecule has 0 unspecified atom stereocenters. The Morgan fingerprint density at radius 1 is 0.882 bits per heavy atom. The Balaban J connectivity index is 1.59. The molecule has 0 atom stereocenters. The highest BCUT2D eigenvalue weighted by Crippen LogP contribution is 2.32. The maximum Gasteiger partial charge on any atom is 0.264 e. The number of para-hydroxylation sites is 2. The van der Waals surface area contributed by atoms with E-state index in [9.17, 15) is 13.2 Å². The second-order valence-corrected chi connectivity index (χ2v) is 9.82. The van der Waals surface area contributed by atoms with Crippen LogP contribution in [0.25, 0.3) is 10.8 Å². The van der Waals surface area contributed by atoms with Gasteiger partial charge in [-0.3, -0.25) is 9.10 Å². The summed E-state index contributed by atoms with van der Waals surface area (Å²) in [4.78, 5) is 13.0. The number of hydrogen-bond donors (Lipinski definition) is 1. The Bertz CT molecular complexity index is 1420. The van der Waals surface area contributed by atoms with Crippen LogP contribution < -0.4 is 14.4 Å². The molecule has 4 aromatic carbocycles. The quantitative estimate of drug-likeness (QED) is 0.403. The van der Waals surface area contributed by atoms with Gasteiger partial charge in [0.2, 0.25) is 5.91 Å². The van der Waals surface area contributed by atoms with Crippen LogP contribution in [0.2, 0.25) is 0 Å². The number of aryl methyl sites for hydroxylation is 1. The first kappa shape index (κ1) is 23.3. The molecule has 1 N–H and O–H groups in total. The fourth-order valence-corrected chi connectivity index (χ4v) is 5.14. The number of amides is 1. The number of sulfonamides is 1. The number of benzene rings is 4. The van der Waals surface area contributed by atoms with Crippen molar-refractivity contribution in [1.82, 2.24) is 5.32 Å². The third kappa shape index (κ3) is 5.05. The third-order valence-electron chi connectivity index (χ3n) is 5.55. The standard InChI is InChI=1S/C27H26N2O4S/c1-20-11-15-24(16-12-20)34(31,32)29(25-9-5-6-10-26(25)33-2)19-27(30)28-18-21-13-14-22-7-3-4-8-23(22)17-21/h3-17H,18-19H2,1-2H3,(H,28,30). The molecule has 0 bridgehead atoms. The van der Waals surface area contributed by atoms with Crippen LogP contribution in [-0.4, -0.2) is 28.0 Å². The lowest BCUT2D eigenvalue weighted by Crippen LogP contribution is -2.40. The molecule has 7 heteroatoms. The number of carbonyl (C=O) groups excluding carboxylic acids is 1. The van der Waals surface area contributed by atoms with Gasteiger partial charge in [0, 0.05) is 6.54 Å². The highest BCUT2D eigenvalue weighted by atomic mass is 32.2. The fraction of sp³-hybridized carbons (Fsp3) is 0.148. The van der Waals surface area contributed by atoms with Gasteiger partial charge < -0.3 is 10.1 Å². The summed E-state index contributed by atoms with van der Waals surface area (Å²) in [5.41, 5.74) is 2.17. The van der Waals surface area contributed by atoms with Crippen LogP contribution >= 0.6 is 0 Å². The van der Waals surface area contributed by atoms with E-state index in [0.717, 1.165) is 26.2 Å². The molecule has 0 aliphatic rings. The molecule has 6 nitrogen and oxygen atoms in total. The van der Waals surface area contributed by atoms with E-state index in [1.54, 1.807) is 48.5 Å². The Morgan fingerprint density at radius 3 is 2.29 bits per heavy atom. The monoisotopic (exact) mass is 474 g/mol. The number of methoxy groups -OCH3 is 1. The summed E-state index contributed by atoms with van der Waals surface area (Å²) >= 11 is 0. The Labute approximate surface area is 199 Å². The number of anilines is 1. The lowest BCUT2D eigenvalue weighted by molar-refractivity contribution is -0.119. The minimum absolute atomic E-state index is 0.103. The van der Waals surface area contributed by atoms with Gasteiger partial charge in [-0.15, -0.1) is 0 Å². The van der Waals surface area contributed by atoms with Gasteiger partial charge in [-0.1, -0.05) is 66.2 Å². The molecule has 0 aliphatic carbocycles. The fourth-order valence-electron chi connectivity index (χ4n) is 3.71. The van der Waals surface area contributed by atoms with Crippen molar-refractivity contribution in [3.8, 4) is 5.75 Å². The van der Waals surface area contributed by atoms with Crippen molar-refractivity contribution >= 4 is 32.4 Å². The maximum atomic E-state index is 13.6. The number of nitrogens with one attached hydrogen (secondary N) is 1. The van der Waals surface area contributed by atoms with E-state index in [1.165, 1.54) is 7.11 Å². The Kier molecular flexibility index (Phi) is 6.84. The minimum Gasteiger partial charge on any atom is -0.495 e. The summed E-state index contributed by atoms with van der Waals surface area (Å²) in [7, 11) is -2.55. The smallest absolute Gasteiger partial charge is 0.264 e. The van der Waals surface area contributed by atoms with Crippen molar-refractivity contribution in [3.63, 3.8) is 0 Å². The van der Waals surface area contributed by atoms with Gasteiger partial charge >= 0.3 is 0 Å². The van der Waals surface area contributed by atoms with Crippen molar-refractivity contribution in [2.24, 2.45) is 0 Å². The number of hydrogen-bond acceptors (Lipinski definition) is 4. The molecule has 4 aromatic rings. The molecule has 0 fully saturated rings. The van der Waals surface area contributed by atoms with E-state index in [-0.39, 0.29) is 18.0 Å². The lowest BCUT2D eigenvalue weighted by Gasteiger charge is -2.25. The average molecular weight is 475 g/mol. The van der Waals surface area contributed by atoms with Gasteiger partial charge in [-0.05, 0) is 53.6 Å². The predicted molar refractivity (Wildman–Crippen MR) is 134 cm³/mol. The zero-order valence-electron chi connectivity index (χ0n) is 19.1. The molecular formula is C27H26N2O4S. The van der Waals surface area contributed by atoms with Crippen LogP contribution in [0.1, 0.15) is 11.1 Å². The number of fused-ring (bicyclic) bond motifs is 1. The molecule has 0 aromatic heterocycles. The van der Waals surface area contributed by atoms with Gasteiger partial charge in [-0.2, -0.15) is 0 Å². The van der Waals surface area contributed by atoms with Gasteiger partial charge in [0.25, 0.3) is 10.0 Å². The van der Waals surface area contributed by atoms with Gasteiger partial charge in [0.05, 0.1) is 17.7 Å². The maximum absolute atomic E-state index is 13.6. The number of nitrogens with zero attached hydrogens (tertiary/aromatic N) is 1. The number of rotatable bonds is 8. The minimum atomic E-state index is -4.02. The molecule has 0 saturated heterocycles. The number of carbonyl (C=O) groups is 1. The summed E-state index contributed by atoms with van der Waals surface area (Å²) in [6.07, 6.45) is 0. The first-order valence-electron chi connectivity index (χ1n) is 10.9. The first-order chi connectivity index (χ1) is 16.4. The summed E-state index contributed by atoms with van der Waals surface area (Å²) in [6, 6.07) is 27.2. The van der Waals surface area contributed by atoms with E-state index in [0.29, 0.717) is 11.4 Å². The second kappa shape index (κ2) is 9.97. The Hall–Kier alpha value is -3.84. The first-order valence-corrected chi connectivity index (χ1v) is 12.3. The summed E-state index contributed by atoms with van der Waals surface area (Å²) in [6.45, 7) is 1.78. The van der Waals surface area contributed by atoms with Crippen molar-refractivity contribution in [3.05, 3.63) is 102 Å². The van der Waals surface area contributed by atoms with E-state index >= 15 is 0 Å². The highest BCUT2D eigenvalue weighted by Gasteiger charge is 2.29. The normalized spacial score (nSPS) is 11.2. The van der Waals surface area contributed by atoms with Crippen LogP contribution in [0.5, 0.6) is 5.75 Å². The molecule has 0 heterocycles. The van der Waals surface area contributed by atoms with Crippen molar-refractivity contribution in [2.45, 2.75) is 18.4 Å². The van der Waals surface area contributed by atoms with Crippen LogP contribution in [0.15, 0.2) is 95.9 Å². The molecule has 174 valence electrons. The molecule has 0 saturated carbocycles. The average Bonchev–Trinajstić information content (AvgIpc) is 2.86. The van der Waals surface area contributed by atoms with Crippen LogP contribution in [-0.2, 0) is 21.4 Å². The SMILES string of the molecule is COc1ccccc1N(CC(=O)NCc1ccc2ccccc2c1)S(=O)(=O)c1ccc(C)cc1. The summed E-state index contributed by atoms with van der Waals surface area (Å²) in [5.74, 6) is -0.0599. The van der Waals surface area contributed by atoms with Crippen molar-refractivity contribution in [2.75, 3.05) is 18.0 Å². The molecule has 0 radical (unpaired) electrons. The third-order valence-corrected chi connectivity index (χ3v) is 7.33. The highest BCUT2D eigenvalue weighted by molar-refractivity contribution is 7.92. The lowest BCUT2D eigenvalue weighted by atomic mass is 10.1. The predicted octanol–water partition coefficient (Wildman–Crippen LogP) is 4.67. The largest absolute Gasteiger partial charge is 0.495 e. The molecule has 1 amide bonds. The Morgan fingerprint density at radius 2 is 1.56 bits per heavy atom. The van der Waals surface area contributed by atoms with E-state index in [4.69, 9.17) is 4.74 Å². The van der Waals surface area contributed by atoms with Crippen LogP contribution in [0, 0.1) is 6.92 Å². The molecule has 0 spiro atoms. The van der Waals surface area contributed by atoms with Gasteiger partial charge in [0.15, 0.2) is 0 Å². The van der Waals surface area contributed by atoms with Crippen molar-refractivity contribution in [1.29, 1.82) is 0 Å². The molecule has 0 aliphatic heterocycles. The van der Waals surface area contributed by atoms with Gasteiger partial charge in [-0.25, -0.2) is 8.42 Å². The number of ether oxygens (including phenoxy) is 1. The van der Waals surface area contributed by atoms with E-state index in [1.807, 2.05) is 49.4 Å². The van der Waals surface area contributed by atoms with E-state index in [2.05, 4.69) is 5.32 Å². The molecular weight excluding hydrogens is 448 g/mol. The van der Waals surface area contributed by atoms with E-state index < -0.39 is 15.9 Å². The second-order valence-electron chi connectivity index (χ2n) is 7.95. The van der Waals surface area contributed by atoms with Gasteiger partial charge in [0.1, 0.15) is 12.3 Å². The van der Waals surface area contributed by atoms with Crippen LogP contribution in [0.3, 0.4) is 0 Å². The summed E-state index contributed by atoms with van der Waals surface area (Å²) < 4.78 is 33.6.